The summed E-state index contributed by atoms with van der Waals surface area (Å²) in [7, 11) is -4.39. The molecule has 0 atom stereocenters. The molecule has 1 aliphatic heterocycles. The van der Waals surface area contributed by atoms with Gasteiger partial charge in [-0.1, -0.05) is 37.3 Å². The molecular formula is C27H34N3O7S2+. The third kappa shape index (κ3) is 7.27. The van der Waals surface area contributed by atoms with E-state index in [1.807, 2.05) is 24.3 Å². The minimum absolute atomic E-state index is 0.193. The van der Waals surface area contributed by atoms with E-state index in [0.717, 1.165) is 73.8 Å². The van der Waals surface area contributed by atoms with Crippen LogP contribution in [-0.2, 0) is 19.5 Å². The first-order chi connectivity index (χ1) is 18.9. The summed E-state index contributed by atoms with van der Waals surface area (Å²) in [6.07, 6.45) is 5.26. The highest BCUT2D eigenvalue weighted by atomic mass is 32.2. The van der Waals surface area contributed by atoms with Gasteiger partial charge < -0.3 is 9.73 Å². The van der Waals surface area contributed by atoms with Gasteiger partial charge in [-0.15, -0.1) is 4.33 Å². The predicted molar refractivity (Wildman–Crippen MR) is 153 cm³/mol. The second kappa shape index (κ2) is 13.6. The molecule has 1 aliphatic carbocycles. The Kier molecular flexibility index (Phi) is 10.2. The molecule has 0 aromatic heterocycles. The monoisotopic (exact) mass is 576 g/mol. The molecule has 2 aliphatic rings. The van der Waals surface area contributed by atoms with Crippen LogP contribution in [0.3, 0.4) is 0 Å². The highest BCUT2D eigenvalue weighted by molar-refractivity contribution is 7.94. The number of aromatic nitrogens is 1. The van der Waals surface area contributed by atoms with Crippen molar-refractivity contribution in [2.75, 3.05) is 30.7 Å². The van der Waals surface area contributed by atoms with Gasteiger partial charge >= 0.3 is 0 Å². The Labute approximate surface area is 231 Å². The first kappa shape index (κ1) is 29.2. The lowest BCUT2D eigenvalue weighted by atomic mass is 10.1. The van der Waals surface area contributed by atoms with Crippen LogP contribution in [-0.4, -0.2) is 48.6 Å². The first-order valence-corrected chi connectivity index (χ1v) is 15.4. The Morgan fingerprint density at radius 2 is 1.90 bits per heavy atom. The Bertz CT molecular complexity index is 1570. The average molecular weight is 577 g/mol. The summed E-state index contributed by atoms with van der Waals surface area (Å²) >= 11 is 1.03. The second-order valence-electron chi connectivity index (χ2n) is 9.20. The molecule has 210 valence electrons. The fourth-order valence-corrected chi connectivity index (χ4v) is 5.46. The van der Waals surface area contributed by atoms with Gasteiger partial charge in [0, 0.05) is 59.4 Å². The zero-order valence-corrected chi connectivity index (χ0v) is 23.7. The van der Waals surface area contributed by atoms with Crippen molar-refractivity contribution in [2.45, 2.75) is 50.8 Å². The van der Waals surface area contributed by atoms with Gasteiger partial charge in [0.25, 0.3) is 10.1 Å². The number of nitrogens with one attached hydrogen (secondary N) is 1. The van der Waals surface area contributed by atoms with Crippen molar-refractivity contribution < 1.29 is 32.0 Å². The topological polar surface area (TPSA) is 134 Å². The molecule has 0 saturated carbocycles. The van der Waals surface area contributed by atoms with Crippen molar-refractivity contribution in [1.29, 1.82) is 0 Å². The molecule has 2 aromatic rings. The molecule has 4 rings (SSSR count). The maximum atomic E-state index is 11.9. The van der Waals surface area contributed by atoms with E-state index in [1.54, 1.807) is 6.07 Å². The van der Waals surface area contributed by atoms with E-state index in [1.165, 1.54) is 18.6 Å². The number of hydrogen-bond acceptors (Lipinski definition) is 9. The number of anilines is 1. The smallest absolute Gasteiger partial charge is 0.294 e. The van der Waals surface area contributed by atoms with Gasteiger partial charge in [0.1, 0.15) is 24.3 Å². The number of fused-ring (bicyclic) bond motifs is 4. The van der Waals surface area contributed by atoms with Crippen LogP contribution >= 0.6 is 12.0 Å². The third-order valence-corrected chi connectivity index (χ3v) is 8.03. The normalized spacial score (nSPS) is 12.9. The van der Waals surface area contributed by atoms with Crippen LogP contribution < -0.4 is 15.2 Å². The lowest BCUT2D eigenvalue weighted by Gasteiger charge is -2.14. The predicted octanol–water partition coefficient (Wildman–Crippen LogP) is 5.58. The van der Waals surface area contributed by atoms with Gasteiger partial charge in [0.15, 0.2) is 11.3 Å². The average Bonchev–Trinajstić information content (AvgIpc) is 2.93. The van der Waals surface area contributed by atoms with Crippen molar-refractivity contribution in [1.82, 2.24) is 9.56 Å². The van der Waals surface area contributed by atoms with Crippen molar-refractivity contribution in [2.24, 2.45) is 0 Å². The number of nitrogens with zero attached hydrogens (tertiary/aromatic N) is 2. The van der Waals surface area contributed by atoms with Crippen molar-refractivity contribution in [3.8, 4) is 11.5 Å². The molecule has 0 spiro atoms. The quantitative estimate of drug-likeness (QED) is 0.0255. The molecule has 0 saturated heterocycles. The SMILES string of the molecule is CCCCCCNc1cc2oc3cc(=[N+](CC)CCCSOOO)ccc-3nc2c2cc(S(=O)(=O)O)ccc12. The molecular weight excluding hydrogens is 542 g/mol. The summed E-state index contributed by atoms with van der Waals surface area (Å²) in [6, 6.07) is 12.2. The van der Waals surface area contributed by atoms with Crippen molar-refractivity contribution in [3.63, 3.8) is 0 Å². The lowest BCUT2D eigenvalue weighted by Crippen LogP contribution is -2.31. The van der Waals surface area contributed by atoms with E-state index in [0.29, 0.717) is 33.7 Å². The van der Waals surface area contributed by atoms with Crippen LogP contribution in [0.15, 0.2) is 51.8 Å². The highest BCUT2D eigenvalue weighted by Crippen LogP contribution is 2.35. The lowest BCUT2D eigenvalue weighted by molar-refractivity contribution is -0.432. The number of hydrogen-bond donors (Lipinski definition) is 3. The highest BCUT2D eigenvalue weighted by Gasteiger charge is 2.18. The van der Waals surface area contributed by atoms with Crippen LogP contribution in [0.25, 0.3) is 33.3 Å². The summed E-state index contributed by atoms with van der Waals surface area (Å²) in [4.78, 5) is 4.65. The van der Waals surface area contributed by atoms with Crippen molar-refractivity contribution in [3.05, 3.63) is 47.8 Å². The molecule has 0 amide bonds. The van der Waals surface area contributed by atoms with Crippen LogP contribution in [0, 0.1) is 0 Å². The minimum Gasteiger partial charge on any atom is -0.452 e. The largest absolute Gasteiger partial charge is 0.452 e. The first-order valence-electron chi connectivity index (χ1n) is 13.1. The molecule has 2 aromatic carbocycles. The summed E-state index contributed by atoms with van der Waals surface area (Å²) in [5.74, 6) is 1.25. The maximum absolute atomic E-state index is 11.9. The second-order valence-corrected chi connectivity index (χ2v) is 11.4. The van der Waals surface area contributed by atoms with Gasteiger partial charge in [-0.3, -0.25) is 4.55 Å². The molecule has 10 nitrogen and oxygen atoms in total. The van der Waals surface area contributed by atoms with Crippen LogP contribution in [0.1, 0.15) is 46.0 Å². The van der Waals surface area contributed by atoms with Gasteiger partial charge in [-0.05, 0) is 31.5 Å². The molecule has 0 fully saturated rings. The van der Waals surface area contributed by atoms with E-state index >= 15 is 0 Å². The zero-order chi connectivity index (χ0) is 27.8. The number of benzene rings is 3. The molecule has 0 unspecified atom stereocenters. The summed E-state index contributed by atoms with van der Waals surface area (Å²) in [6.45, 7) is 6.55. The molecule has 12 heteroatoms. The fraction of sp³-hybridized carbons (Fsp3) is 0.407. The Hall–Kier alpha value is -2.74. The summed E-state index contributed by atoms with van der Waals surface area (Å²) < 4.78 is 46.5. The van der Waals surface area contributed by atoms with E-state index in [2.05, 4.69) is 33.1 Å². The van der Waals surface area contributed by atoms with E-state index in [4.69, 9.17) is 14.7 Å². The molecule has 3 N–H and O–H groups in total. The summed E-state index contributed by atoms with van der Waals surface area (Å²) in [5, 5.41) is 17.7. The Morgan fingerprint density at radius 3 is 2.64 bits per heavy atom. The minimum atomic E-state index is -4.39. The Balaban J connectivity index is 1.80. The van der Waals surface area contributed by atoms with E-state index in [-0.39, 0.29) is 4.90 Å². The van der Waals surface area contributed by atoms with Gasteiger partial charge in [-0.25, -0.2) is 14.8 Å². The maximum Gasteiger partial charge on any atom is 0.294 e. The van der Waals surface area contributed by atoms with Crippen molar-refractivity contribution >= 4 is 49.7 Å². The standard InChI is InChI=1S/C27H33N3O7S2/c1-3-5-6-7-13-28-24-18-26-27(22-17-20(39(32,33)34)10-11-21(22)24)29-23-12-9-19(16-25(23)35-26)30(4-2)14-8-15-38-37-36-31/h9-12,16-18H,3-8,13-15H2,1-2H3,(H2,31,32,33,34)/p+1. The summed E-state index contributed by atoms with van der Waals surface area (Å²) in [5.41, 5.74) is 2.47. The van der Waals surface area contributed by atoms with Crippen LogP contribution in [0.4, 0.5) is 5.69 Å². The third-order valence-electron chi connectivity index (χ3n) is 6.57. The zero-order valence-electron chi connectivity index (χ0n) is 22.1. The van der Waals surface area contributed by atoms with Gasteiger partial charge in [0.2, 0.25) is 5.36 Å². The fourth-order valence-electron chi connectivity index (χ4n) is 4.59. The van der Waals surface area contributed by atoms with Gasteiger partial charge in [-0.2, -0.15) is 8.42 Å². The van der Waals surface area contributed by atoms with Crippen LogP contribution in [0.2, 0.25) is 0 Å². The van der Waals surface area contributed by atoms with E-state index < -0.39 is 10.1 Å². The van der Waals surface area contributed by atoms with Gasteiger partial charge in [0.05, 0.1) is 11.0 Å². The Morgan fingerprint density at radius 1 is 1.05 bits per heavy atom. The number of unbranched alkanes of at least 4 members (excludes halogenated alkanes) is 3. The van der Waals surface area contributed by atoms with E-state index in [9.17, 15) is 13.0 Å². The molecule has 0 radical (unpaired) electrons. The molecule has 0 bridgehead atoms. The molecule has 39 heavy (non-hydrogen) atoms. The number of rotatable bonds is 14. The molecule has 1 heterocycles. The van der Waals surface area contributed by atoms with Crippen LogP contribution in [0.5, 0.6) is 0 Å².